The van der Waals surface area contributed by atoms with Gasteiger partial charge >= 0.3 is 5.97 Å². The Kier molecular flexibility index (Phi) is 4.65. The lowest BCUT2D eigenvalue weighted by Crippen LogP contribution is -2.17. The number of aromatic nitrogens is 3. The number of hydrogen-bond acceptors (Lipinski definition) is 5. The summed E-state index contributed by atoms with van der Waals surface area (Å²) in [5.74, 6) is -0.315. The van der Waals surface area contributed by atoms with Gasteiger partial charge in [-0.3, -0.25) is 9.89 Å². The van der Waals surface area contributed by atoms with Crippen LogP contribution in [0.5, 0.6) is 0 Å². The molecule has 2 rings (SSSR count). The molecule has 7 heteroatoms. The predicted octanol–water partition coefficient (Wildman–Crippen LogP) is 1.80. The van der Waals surface area contributed by atoms with Crippen LogP contribution in [0, 0.1) is 0 Å². The minimum Gasteiger partial charge on any atom is -0.462 e. The van der Waals surface area contributed by atoms with Gasteiger partial charge in [-0.1, -0.05) is 19.1 Å². The van der Waals surface area contributed by atoms with E-state index >= 15 is 0 Å². The minimum absolute atomic E-state index is 0.0329. The van der Waals surface area contributed by atoms with Gasteiger partial charge < -0.3 is 10.1 Å². The summed E-state index contributed by atoms with van der Waals surface area (Å²) in [5, 5.41) is 9.11. The Morgan fingerprint density at radius 3 is 2.71 bits per heavy atom. The first kappa shape index (κ1) is 14.7. The van der Waals surface area contributed by atoms with Crippen LogP contribution in [-0.4, -0.2) is 33.7 Å². The van der Waals surface area contributed by atoms with Crippen LogP contribution in [0.3, 0.4) is 0 Å². The molecule has 1 aromatic carbocycles. The Morgan fingerprint density at radius 2 is 2.05 bits per heavy atom. The van der Waals surface area contributed by atoms with Gasteiger partial charge in [-0.05, 0) is 19.1 Å². The summed E-state index contributed by atoms with van der Waals surface area (Å²) in [7, 11) is 0. The van der Waals surface area contributed by atoms with E-state index in [9.17, 15) is 9.59 Å². The van der Waals surface area contributed by atoms with Gasteiger partial charge in [0, 0.05) is 6.42 Å². The highest BCUT2D eigenvalue weighted by atomic mass is 16.5. The molecule has 0 spiro atoms. The molecule has 0 aliphatic rings. The van der Waals surface area contributed by atoms with E-state index in [2.05, 4.69) is 20.5 Å². The maximum atomic E-state index is 12.1. The highest BCUT2D eigenvalue weighted by Crippen LogP contribution is 2.16. The Morgan fingerprint density at radius 1 is 1.29 bits per heavy atom. The number of nitrogens with one attached hydrogen (secondary N) is 2. The van der Waals surface area contributed by atoms with Crippen LogP contribution in [0.2, 0.25) is 0 Å². The van der Waals surface area contributed by atoms with Crippen molar-refractivity contribution in [2.75, 3.05) is 11.9 Å². The lowest BCUT2D eigenvalue weighted by Gasteiger charge is -2.08. The molecule has 0 saturated heterocycles. The lowest BCUT2D eigenvalue weighted by molar-refractivity contribution is 0.0527. The molecule has 0 unspecified atom stereocenters. The molecule has 2 aromatic rings. The van der Waals surface area contributed by atoms with Crippen molar-refractivity contribution in [3.63, 3.8) is 0 Å². The molecule has 0 bridgehead atoms. The highest BCUT2D eigenvalue weighted by Gasteiger charge is 2.17. The van der Waals surface area contributed by atoms with E-state index < -0.39 is 11.9 Å². The second-order valence-corrected chi connectivity index (χ2v) is 4.18. The summed E-state index contributed by atoms with van der Waals surface area (Å²) in [4.78, 5) is 27.9. The van der Waals surface area contributed by atoms with E-state index in [0.29, 0.717) is 23.5 Å². The number of aromatic amines is 1. The molecular formula is C14H16N4O3. The number of amides is 1. The molecule has 1 amide bonds. The quantitative estimate of drug-likeness (QED) is 0.818. The van der Waals surface area contributed by atoms with Crippen molar-refractivity contribution >= 4 is 17.6 Å². The Labute approximate surface area is 121 Å². The number of hydrogen-bond donors (Lipinski definition) is 2. The normalized spacial score (nSPS) is 10.2. The van der Waals surface area contributed by atoms with Crippen molar-refractivity contribution in [3.05, 3.63) is 41.5 Å². The van der Waals surface area contributed by atoms with Crippen molar-refractivity contribution in [3.8, 4) is 0 Å². The third-order valence-corrected chi connectivity index (χ3v) is 2.74. The lowest BCUT2D eigenvalue weighted by atomic mass is 10.2. The van der Waals surface area contributed by atoms with Gasteiger partial charge in [0.05, 0.1) is 17.9 Å². The summed E-state index contributed by atoms with van der Waals surface area (Å²) in [6.07, 6.45) is 0.652. The van der Waals surface area contributed by atoms with E-state index in [1.54, 1.807) is 31.2 Å². The minimum atomic E-state index is -0.488. The third kappa shape index (κ3) is 3.44. The van der Waals surface area contributed by atoms with Crippen LogP contribution in [0.4, 0.5) is 5.69 Å². The summed E-state index contributed by atoms with van der Waals surface area (Å²) in [6.45, 7) is 3.89. The number of carbonyl (C=O) groups excluding carboxylic acids is 2. The van der Waals surface area contributed by atoms with Crippen LogP contribution in [0.25, 0.3) is 0 Å². The molecule has 0 aliphatic carbocycles. The van der Waals surface area contributed by atoms with Crippen LogP contribution < -0.4 is 5.32 Å². The number of benzene rings is 1. The van der Waals surface area contributed by atoms with Crippen LogP contribution in [-0.2, 0) is 11.2 Å². The fourth-order valence-corrected chi connectivity index (χ4v) is 1.71. The summed E-state index contributed by atoms with van der Waals surface area (Å²) in [6, 6.07) is 6.62. The summed E-state index contributed by atoms with van der Waals surface area (Å²) < 4.78 is 4.95. The van der Waals surface area contributed by atoms with E-state index in [-0.39, 0.29) is 12.4 Å². The number of aryl methyl sites for hydroxylation is 1. The smallest absolute Gasteiger partial charge is 0.340 e. The Bertz CT molecular complexity index is 651. The zero-order valence-corrected chi connectivity index (χ0v) is 11.8. The zero-order chi connectivity index (χ0) is 15.2. The van der Waals surface area contributed by atoms with Gasteiger partial charge in [-0.25, -0.2) is 9.78 Å². The summed E-state index contributed by atoms with van der Waals surface area (Å²) in [5.41, 5.74) is 0.655. The van der Waals surface area contributed by atoms with Gasteiger partial charge in [-0.15, -0.1) is 5.10 Å². The SMILES string of the molecule is CCOC(=O)c1ccccc1NC(=O)c1n[nH]c(CC)n1. The van der Waals surface area contributed by atoms with Crippen molar-refractivity contribution in [1.29, 1.82) is 0 Å². The van der Waals surface area contributed by atoms with Gasteiger partial charge in [-0.2, -0.15) is 0 Å². The molecule has 1 heterocycles. The number of carbonyl (C=O) groups is 2. The van der Waals surface area contributed by atoms with Crippen LogP contribution in [0.1, 0.15) is 40.6 Å². The fourth-order valence-electron chi connectivity index (χ4n) is 1.71. The van der Waals surface area contributed by atoms with E-state index in [1.807, 2.05) is 6.92 Å². The first-order chi connectivity index (χ1) is 10.2. The number of nitrogens with zero attached hydrogens (tertiary/aromatic N) is 2. The molecule has 0 aliphatic heterocycles. The van der Waals surface area contributed by atoms with E-state index in [1.165, 1.54) is 0 Å². The predicted molar refractivity (Wildman–Crippen MR) is 76.1 cm³/mol. The number of H-pyrrole nitrogens is 1. The number of para-hydroxylation sites is 1. The third-order valence-electron chi connectivity index (χ3n) is 2.74. The average Bonchev–Trinajstić information content (AvgIpc) is 2.97. The molecule has 0 radical (unpaired) electrons. The Balaban J connectivity index is 2.19. The van der Waals surface area contributed by atoms with Crippen molar-refractivity contribution < 1.29 is 14.3 Å². The first-order valence-corrected chi connectivity index (χ1v) is 6.64. The van der Waals surface area contributed by atoms with Crippen LogP contribution in [0.15, 0.2) is 24.3 Å². The standard InChI is InChI=1S/C14H16N4O3/c1-3-11-16-12(18-17-11)13(19)15-10-8-6-5-7-9(10)14(20)21-4-2/h5-8H,3-4H2,1-2H3,(H,15,19)(H,16,17,18). The molecule has 1 aromatic heterocycles. The molecule has 110 valence electrons. The molecule has 0 fully saturated rings. The van der Waals surface area contributed by atoms with E-state index in [0.717, 1.165) is 0 Å². The fraction of sp³-hybridized carbons (Fsp3) is 0.286. The largest absolute Gasteiger partial charge is 0.462 e. The summed E-state index contributed by atoms with van der Waals surface area (Å²) >= 11 is 0. The second kappa shape index (κ2) is 6.65. The van der Waals surface area contributed by atoms with Crippen molar-refractivity contribution in [2.45, 2.75) is 20.3 Å². The van der Waals surface area contributed by atoms with Gasteiger partial charge in [0.1, 0.15) is 5.82 Å². The second-order valence-electron chi connectivity index (χ2n) is 4.18. The highest BCUT2D eigenvalue weighted by molar-refractivity contribution is 6.06. The monoisotopic (exact) mass is 288 g/mol. The molecule has 7 nitrogen and oxygen atoms in total. The van der Waals surface area contributed by atoms with Gasteiger partial charge in [0.25, 0.3) is 5.91 Å². The van der Waals surface area contributed by atoms with Gasteiger partial charge in [0.2, 0.25) is 5.82 Å². The maximum absolute atomic E-state index is 12.1. The van der Waals surface area contributed by atoms with Gasteiger partial charge in [0.15, 0.2) is 0 Å². The van der Waals surface area contributed by atoms with Crippen molar-refractivity contribution in [1.82, 2.24) is 15.2 Å². The zero-order valence-electron chi connectivity index (χ0n) is 11.8. The molecule has 2 N–H and O–H groups in total. The van der Waals surface area contributed by atoms with Crippen molar-refractivity contribution in [2.24, 2.45) is 0 Å². The topological polar surface area (TPSA) is 97.0 Å². The number of anilines is 1. The number of rotatable bonds is 5. The molecule has 21 heavy (non-hydrogen) atoms. The Hall–Kier alpha value is -2.70. The number of ether oxygens (including phenoxy) is 1. The number of esters is 1. The van der Waals surface area contributed by atoms with E-state index in [4.69, 9.17) is 4.74 Å². The first-order valence-electron chi connectivity index (χ1n) is 6.64. The molecular weight excluding hydrogens is 272 g/mol. The molecule has 0 saturated carbocycles. The molecule has 0 atom stereocenters. The average molecular weight is 288 g/mol. The maximum Gasteiger partial charge on any atom is 0.340 e. The van der Waals surface area contributed by atoms with Crippen LogP contribution >= 0.6 is 0 Å².